The van der Waals surface area contributed by atoms with Crippen molar-refractivity contribution in [2.24, 2.45) is 5.92 Å². The van der Waals surface area contributed by atoms with Gasteiger partial charge in [-0.3, -0.25) is 0 Å². The van der Waals surface area contributed by atoms with Crippen molar-refractivity contribution in [3.63, 3.8) is 0 Å². The summed E-state index contributed by atoms with van der Waals surface area (Å²) in [7, 11) is 0. The number of fused-ring (bicyclic) bond motifs is 3. The first kappa shape index (κ1) is 38.9. The number of aliphatic hydroxyl groups is 6. The molecule has 14 heteroatoms. The second-order valence-electron chi connectivity index (χ2n) is 13.9. The van der Waals surface area contributed by atoms with Gasteiger partial charge in [-0.15, -0.1) is 13.2 Å². The molecule has 0 amide bonds. The molecule has 0 aromatic carbocycles. The highest BCUT2D eigenvalue weighted by Gasteiger charge is 2.83. The normalized spacial score (nSPS) is 39.4. The van der Waals surface area contributed by atoms with Crippen LogP contribution < -0.4 is 0 Å². The Hall–Kier alpha value is -2.92. The van der Waals surface area contributed by atoms with Crippen LogP contribution in [0.1, 0.15) is 60.3 Å². The molecule has 0 radical (unpaired) electrons. The van der Waals surface area contributed by atoms with Crippen LogP contribution in [-0.2, 0) is 38.0 Å². The second-order valence-corrected chi connectivity index (χ2v) is 13.9. The van der Waals surface area contributed by atoms with Gasteiger partial charge in [0.2, 0.25) is 6.29 Å². The van der Waals surface area contributed by atoms with Crippen molar-refractivity contribution < 1.29 is 68.6 Å². The zero-order valence-electron chi connectivity index (χ0n) is 28.6. The number of epoxide rings is 1. The van der Waals surface area contributed by atoms with Crippen molar-refractivity contribution in [1.82, 2.24) is 0 Å². The fourth-order valence-electron chi connectivity index (χ4n) is 6.41. The molecule has 0 unspecified atom stereocenters. The summed E-state index contributed by atoms with van der Waals surface area (Å²) in [6.07, 6.45) is -1.37. The van der Waals surface area contributed by atoms with E-state index in [0.29, 0.717) is 25.7 Å². The molecular formula is C35H50O14. The molecule has 0 spiro atoms. The van der Waals surface area contributed by atoms with Gasteiger partial charge in [0.1, 0.15) is 42.0 Å². The van der Waals surface area contributed by atoms with Crippen LogP contribution in [0.25, 0.3) is 0 Å². The van der Waals surface area contributed by atoms with Gasteiger partial charge in [0.05, 0.1) is 24.1 Å². The van der Waals surface area contributed by atoms with Gasteiger partial charge in [0.25, 0.3) is 0 Å². The number of aliphatic hydroxyl groups excluding tert-OH is 4. The molecule has 3 heterocycles. The van der Waals surface area contributed by atoms with Gasteiger partial charge < -0.3 is 59.1 Å². The smallest absolute Gasteiger partial charge is 0.334 e. The summed E-state index contributed by atoms with van der Waals surface area (Å²) in [5, 5.41) is 61.5. The zero-order valence-corrected chi connectivity index (χ0v) is 28.6. The van der Waals surface area contributed by atoms with Gasteiger partial charge in [-0.2, -0.15) is 0 Å². The third-order valence-electron chi connectivity index (χ3n) is 9.87. The zero-order chi connectivity index (χ0) is 36.5. The highest BCUT2D eigenvalue weighted by molar-refractivity contribution is 5.89. The molecule has 4 rings (SSSR count). The third-order valence-corrected chi connectivity index (χ3v) is 9.87. The third kappa shape index (κ3) is 8.03. The first-order chi connectivity index (χ1) is 22.9. The van der Waals surface area contributed by atoms with E-state index in [1.54, 1.807) is 46.8 Å². The van der Waals surface area contributed by atoms with Gasteiger partial charge >= 0.3 is 11.9 Å². The minimum absolute atomic E-state index is 0.210. The fraction of sp³-hybridized carbons (Fsp3) is 0.657. The van der Waals surface area contributed by atoms with Crippen LogP contribution in [0.4, 0.5) is 0 Å². The van der Waals surface area contributed by atoms with Gasteiger partial charge in [-0.05, 0) is 66.4 Å². The number of carbonyl (C=O) groups excluding carboxylic acids is 2. The summed E-state index contributed by atoms with van der Waals surface area (Å²) in [5.74, 6) is -2.50. The molecule has 0 aromatic rings. The lowest BCUT2D eigenvalue weighted by molar-refractivity contribution is -0.350. The largest absolute Gasteiger partial charge is 0.472 e. The first-order valence-electron chi connectivity index (χ1n) is 16.3. The van der Waals surface area contributed by atoms with Crippen molar-refractivity contribution in [3.05, 3.63) is 60.9 Å². The summed E-state index contributed by atoms with van der Waals surface area (Å²) < 4.78 is 35.6. The van der Waals surface area contributed by atoms with Gasteiger partial charge in [-0.1, -0.05) is 24.3 Å². The van der Waals surface area contributed by atoms with Crippen LogP contribution in [0.2, 0.25) is 0 Å². The van der Waals surface area contributed by atoms with E-state index in [1.807, 2.05) is 0 Å². The van der Waals surface area contributed by atoms with E-state index >= 15 is 0 Å². The van der Waals surface area contributed by atoms with E-state index in [-0.39, 0.29) is 11.1 Å². The van der Waals surface area contributed by atoms with E-state index in [1.165, 1.54) is 24.5 Å². The fourth-order valence-corrected chi connectivity index (χ4v) is 6.41. The van der Waals surface area contributed by atoms with Crippen LogP contribution in [0.5, 0.6) is 0 Å². The molecule has 3 fully saturated rings. The highest BCUT2D eigenvalue weighted by atomic mass is 16.8. The Labute approximate surface area is 285 Å². The molecular weight excluding hydrogens is 644 g/mol. The molecule has 274 valence electrons. The Kier molecular flexibility index (Phi) is 11.7. The van der Waals surface area contributed by atoms with E-state index in [0.717, 1.165) is 0 Å². The summed E-state index contributed by atoms with van der Waals surface area (Å²) >= 11 is 0. The van der Waals surface area contributed by atoms with Gasteiger partial charge in [-0.25, -0.2) is 9.59 Å². The number of carbonyl (C=O) groups is 2. The Morgan fingerprint density at radius 2 is 1.49 bits per heavy atom. The summed E-state index contributed by atoms with van der Waals surface area (Å²) in [4.78, 5) is 27.1. The highest BCUT2D eigenvalue weighted by Crippen LogP contribution is 2.63. The molecule has 1 saturated carbocycles. The second kappa shape index (κ2) is 14.7. The van der Waals surface area contributed by atoms with Crippen molar-refractivity contribution in [3.8, 4) is 0 Å². The molecule has 4 aliphatic rings. The Morgan fingerprint density at radius 1 is 0.918 bits per heavy atom. The van der Waals surface area contributed by atoms with Crippen LogP contribution in [-0.4, -0.2) is 121 Å². The predicted octanol–water partition coefficient (Wildman–Crippen LogP) is 0.981. The number of hydrogen-bond acceptors (Lipinski definition) is 14. The molecule has 1 aliphatic carbocycles. The average Bonchev–Trinajstić information content (AvgIpc) is 3.68. The molecule has 2 saturated heterocycles. The number of ether oxygens (including phenoxy) is 6. The predicted molar refractivity (Wildman–Crippen MR) is 172 cm³/mol. The molecule has 0 bridgehead atoms. The maximum atomic E-state index is 13.7. The molecule has 0 aromatic heterocycles. The quantitative estimate of drug-likeness (QED) is 0.0611. The molecule has 3 aliphatic heterocycles. The Morgan fingerprint density at radius 3 is 2.04 bits per heavy atom. The van der Waals surface area contributed by atoms with Crippen LogP contribution in [0, 0.1) is 5.92 Å². The minimum Gasteiger partial charge on any atom is -0.472 e. The van der Waals surface area contributed by atoms with Crippen molar-refractivity contribution in [2.75, 3.05) is 6.61 Å². The SMILES string of the molecule is C=C[C@](C)(O)CC/C=C(\C)C(=O)O[C@@H]1[C@@H]2O[C@]2(C)[C@H]2[C@H](O[C@@H]3O[C@H](CO)[C@@H](O)[C@H](O)[C@H]3O)OC=C[C@@]12OC(=O)/C(C)=C/CC[C@](C)(O)C=C. The van der Waals surface area contributed by atoms with Crippen LogP contribution >= 0.6 is 0 Å². The van der Waals surface area contributed by atoms with Crippen molar-refractivity contribution in [1.29, 1.82) is 0 Å². The number of esters is 2. The van der Waals surface area contributed by atoms with E-state index < -0.39 is 96.1 Å². The topological polar surface area (TPSA) is 214 Å². The lowest BCUT2D eigenvalue weighted by Crippen LogP contribution is -2.62. The summed E-state index contributed by atoms with van der Waals surface area (Å²) in [6.45, 7) is 14.5. The van der Waals surface area contributed by atoms with Gasteiger partial charge in [0, 0.05) is 11.1 Å². The number of hydrogen-bond donors (Lipinski definition) is 6. The maximum absolute atomic E-state index is 13.7. The van der Waals surface area contributed by atoms with Crippen LogP contribution in [0.3, 0.4) is 0 Å². The maximum Gasteiger partial charge on any atom is 0.334 e. The lowest BCUT2D eigenvalue weighted by atomic mass is 9.81. The standard InChI is InChI=1S/C35H50O14/c1-8-32(5,42)14-10-12-19(3)28(40)46-27-26-34(7,48-26)25-31(47-30-24(39)23(38)22(37)21(18-36)45-30)44-17-16-35(25,27)49-29(41)20(4)13-11-15-33(6,43)9-2/h8-9,12-13,16-17,21-27,30-31,36-39,42-43H,1-2,10-11,14-15,18H2,3-7H3/b19-12+,20-13+/t21-,22-,23+,24-,25-,26+,27-,30+,31+,32+,33-,34-,35+/m1/s1. The van der Waals surface area contributed by atoms with Crippen LogP contribution in [0.15, 0.2) is 60.9 Å². The van der Waals surface area contributed by atoms with E-state index in [2.05, 4.69) is 13.2 Å². The molecule has 13 atom stereocenters. The van der Waals surface area contributed by atoms with Crippen molar-refractivity contribution in [2.45, 2.75) is 132 Å². The average molecular weight is 695 g/mol. The molecule has 14 nitrogen and oxygen atoms in total. The Bertz CT molecular complexity index is 1350. The first-order valence-corrected chi connectivity index (χ1v) is 16.3. The summed E-state index contributed by atoms with van der Waals surface area (Å²) in [6, 6.07) is 0. The van der Waals surface area contributed by atoms with Crippen molar-refractivity contribution >= 4 is 11.9 Å². The van der Waals surface area contributed by atoms with E-state index in [9.17, 15) is 40.2 Å². The molecule has 6 N–H and O–H groups in total. The Balaban J connectivity index is 1.65. The lowest BCUT2D eigenvalue weighted by Gasteiger charge is -2.46. The van der Waals surface area contributed by atoms with Gasteiger partial charge in [0.15, 0.2) is 18.0 Å². The monoisotopic (exact) mass is 694 g/mol. The number of rotatable bonds is 15. The molecule has 49 heavy (non-hydrogen) atoms. The minimum atomic E-state index is -1.75. The summed E-state index contributed by atoms with van der Waals surface area (Å²) in [5.41, 5.74) is -4.69. The van der Waals surface area contributed by atoms with E-state index in [4.69, 9.17) is 28.4 Å². The number of allylic oxidation sites excluding steroid dienone is 2.